The second kappa shape index (κ2) is 5.50. The Morgan fingerprint density at radius 3 is 2.65 bits per heavy atom. The fourth-order valence-electron chi connectivity index (χ4n) is 1.55. The summed E-state index contributed by atoms with van der Waals surface area (Å²) in [4.78, 5) is 3.76. The van der Waals surface area contributed by atoms with Crippen molar-refractivity contribution in [3.05, 3.63) is 6.33 Å². The van der Waals surface area contributed by atoms with Crippen LogP contribution in [0.4, 0.5) is 5.82 Å². The molecule has 0 spiro atoms. The van der Waals surface area contributed by atoms with E-state index in [0.29, 0.717) is 12.5 Å². The molecule has 6 nitrogen and oxygen atoms in total. The van der Waals surface area contributed by atoms with Gasteiger partial charge < -0.3 is 10.3 Å². The third kappa shape index (κ3) is 3.71. The molecule has 98 valence electrons. The first-order valence-corrected chi connectivity index (χ1v) is 7.09. The Balaban J connectivity index is 2.64. The summed E-state index contributed by atoms with van der Waals surface area (Å²) in [7, 11) is -1.95. The highest BCUT2D eigenvalue weighted by atomic mass is 32.2. The molecule has 0 aliphatic carbocycles. The molecule has 0 amide bonds. The van der Waals surface area contributed by atoms with E-state index in [9.17, 15) is 8.42 Å². The number of hydrogen-bond donors (Lipinski definition) is 2. The van der Waals surface area contributed by atoms with Gasteiger partial charge in [0.15, 0.2) is 10.8 Å². The van der Waals surface area contributed by atoms with Crippen molar-refractivity contribution in [2.75, 3.05) is 12.3 Å². The van der Waals surface area contributed by atoms with E-state index in [0.717, 1.165) is 12.8 Å². The highest BCUT2D eigenvalue weighted by molar-refractivity contribution is 7.89. The zero-order valence-electron chi connectivity index (χ0n) is 10.5. The number of nitrogens with one attached hydrogen (secondary N) is 1. The zero-order valence-corrected chi connectivity index (χ0v) is 11.3. The van der Waals surface area contributed by atoms with Gasteiger partial charge in [-0.05, 0) is 18.8 Å². The molecule has 17 heavy (non-hydrogen) atoms. The van der Waals surface area contributed by atoms with Crippen LogP contribution in [-0.4, -0.2) is 24.5 Å². The number of nitrogens with two attached hydrogens (primary N) is 1. The molecule has 7 heteroatoms. The molecule has 1 heterocycles. The second-order valence-corrected chi connectivity index (χ2v) is 6.16. The number of nitrogen functional groups attached to an aromatic ring is 1. The van der Waals surface area contributed by atoms with Crippen molar-refractivity contribution in [2.45, 2.75) is 31.7 Å². The maximum absolute atomic E-state index is 11.9. The van der Waals surface area contributed by atoms with Gasteiger partial charge in [-0.2, -0.15) is 0 Å². The zero-order chi connectivity index (χ0) is 13.1. The van der Waals surface area contributed by atoms with Crippen LogP contribution in [0, 0.1) is 5.92 Å². The van der Waals surface area contributed by atoms with Crippen LogP contribution in [0.25, 0.3) is 0 Å². The Hall–Kier alpha value is -1.08. The average Bonchev–Trinajstić information content (AvgIpc) is 2.53. The van der Waals surface area contributed by atoms with Crippen molar-refractivity contribution in [3.8, 4) is 0 Å². The summed E-state index contributed by atoms with van der Waals surface area (Å²) in [6.45, 7) is 4.63. The van der Waals surface area contributed by atoms with E-state index in [1.54, 1.807) is 7.05 Å². The second-order valence-electron chi connectivity index (χ2n) is 4.48. The highest BCUT2D eigenvalue weighted by Gasteiger charge is 2.21. The van der Waals surface area contributed by atoms with E-state index in [1.165, 1.54) is 10.9 Å². The summed E-state index contributed by atoms with van der Waals surface area (Å²) < 4.78 is 27.8. The van der Waals surface area contributed by atoms with Crippen molar-refractivity contribution in [3.63, 3.8) is 0 Å². The molecule has 0 atom stereocenters. The molecule has 0 aliphatic heterocycles. The molecule has 0 fully saturated rings. The van der Waals surface area contributed by atoms with Crippen molar-refractivity contribution >= 4 is 15.8 Å². The maximum atomic E-state index is 11.9. The number of imidazole rings is 1. The third-order valence-electron chi connectivity index (χ3n) is 2.41. The van der Waals surface area contributed by atoms with Gasteiger partial charge in [-0.25, -0.2) is 18.1 Å². The average molecular weight is 260 g/mol. The van der Waals surface area contributed by atoms with Crippen LogP contribution < -0.4 is 10.5 Å². The van der Waals surface area contributed by atoms with Gasteiger partial charge in [0.05, 0.1) is 6.33 Å². The van der Waals surface area contributed by atoms with E-state index < -0.39 is 10.0 Å². The molecule has 0 aromatic carbocycles. The topological polar surface area (TPSA) is 90.0 Å². The lowest BCUT2D eigenvalue weighted by Gasteiger charge is -2.08. The molecule has 0 unspecified atom stereocenters. The molecular weight excluding hydrogens is 240 g/mol. The lowest BCUT2D eigenvalue weighted by molar-refractivity contribution is 0.536. The van der Waals surface area contributed by atoms with E-state index >= 15 is 0 Å². The summed E-state index contributed by atoms with van der Waals surface area (Å²) >= 11 is 0. The van der Waals surface area contributed by atoms with Crippen molar-refractivity contribution in [1.82, 2.24) is 14.3 Å². The monoisotopic (exact) mass is 260 g/mol. The number of sulfonamides is 1. The molecule has 3 N–H and O–H groups in total. The molecule has 0 aliphatic rings. The predicted molar refractivity (Wildman–Crippen MR) is 66.9 cm³/mol. The van der Waals surface area contributed by atoms with Gasteiger partial charge in [0.1, 0.15) is 0 Å². The SMILES string of the molecule is CC(C)CCCNS(=O)(=O)c1c(N)ncn1C. The summed E-state index contributed by atoms with van der Waals surface area (Å²) in [6, 6.07) is 0. The van der Waals surface area contributed by atoms with Crippen LogP contribution in [0.2, 0.25) is 0 Å². The molecule has 0 saturated carbocycles. The van der Waals surface area contributed by atoms with Crippen LogP contribution in [0.5, 0.6) is 0 Å². The molecule has 1 aromatic heterocycles. The number of nitrogens with zero attached hydrogens (tertiary/aromatic N) is 2. The van der Waals surface area contributed by atoms with Crippen molar-refractivity contribution in [2.24, 2.45) is 13.0 Å². The molecule has 0 bridgehead atoms. The number of aromatic nitrogens is 2. The number of anilines is 1. The Labute approximate surface area is 102 Å². The Bertz CT molecular complexity index is 445. The van der Waals surface area contributed by atoms with Gasteiger partial charge in [-0.3, -0.25) is 0 Å². The van der Waals surface area contributed by atoms with Gasteiger partial charge in [0, 0.05) is 13.6 Å². The summed E-state index contributed by atoms with van der Waals surface area (Å²) in [5, 5.41) is 0.0297. The Morgan fingerprint density at radius 1 is 1.53 bits per heavy atom. The maximum Gasteiger partial charge on any atom is 0.260 e. The highest BCUT2D eigenvalue weighted by Crippen LogP contribution is 2.15. The summed E-state index contributed by atoms with van der Waals surface area (Å²) in [5.74, 6) is 0.602. The van der Waals surface area contributed by atoms with Gasteiger partial charge >= 0.3 is 0 Å². The van der Waals surface area contributed by atoms with E-state index in [1.807, 2.05) is 0 Å². The van der Waals surface area contributed by atoms with Gasteiger partial charge in [0.2, 0.25) is 0 Å². The molecule has 1 aromatic rings. The summed E-state index contributed by atoms with van der Waals surface area (Å²) in [6.07, 6.45) is 3.19. The minimum Gasteiger partial charge on any atom is -0.381 e. The van der Waals surface area contributed by atoms with Crippen LogP contribution in [0.3, 0.4) is 0 Å². The van der Waals surface area contributed by atoms with E-state index in [-0.39, 0.29) is 10.8 Å². The quantitative estimate of drug-likeness (QED) is 0.737. The number of aryl methyl sites for hydroxylation is 1. The summed E-state index contributed by atoms with van der Waals surface area (Å²) in [5.41, 5.74) is 5.53. The lowest BCUT2D eigenvalue weighted by Crippen LogP contribution is -2.27. The Kier molecular flexibility index (Phi) is 4.53. The van der Waals surface area contributed by atoms with Gasteiger partial charge in [-0.15, -0.1) is 0 Å². The van der Waals surface area contributed by atoms with Crippen molar-refractivity contribution in [1.29, 1.82) is 0 Å². The fourth-order valence-corrected chi connectivity index (χ4v) is 2.85. The predicted octanol–water partition coefficient (Wildman–Crippen LogP) is 0.717. The van der Waals surface area contributed by atoms with E-state index in [4.69, 9.17) is 5.73 Å². The normalized spacial score (nSPS) is 12.2. The first-order valence-electron chi connectivity index (χ1n) is 5.61. The van der Waals surface area contributed by atoms with E-state index in [2.05, 4.69) is 23.6 Å². The number of hydrogen-bond acceptors (Lipinski definition) is 4. The minimum absolute atomic E-state index is 0.0297. The molecule has 1 rings (SSSR count). The van der Waals surface area contributed by atoms with Crippen LogP contribution in [0.15, 0.2) is 11.4 Å². The van der Waals surface area contributed by atoms with Crippen LogP contribution in [0.1, 0.15) is 26.7 Å². The standard InChI is InChI=1S/C10H20N4O2S/c1-8(2)5-4-6-13-17(15,16)10-9(11)12-7-14(10)3/h7-8,13H,4-6,11H2,1-3H3. The fraction of sp³-hybridized carbons (Fsp3) is 0.700. The Morgan fingerprint density at radius 2 is 2.18 bits per heavy atom. The first-order chi connectivity index (χ1) is 7.84. The van der Waals surface area contributed by atoms with Crippen molar-refractivity contribution < 1.29 is 8.42 Å². The third-order valence-corrected chi connectivity index (χ3v) is 4.00. The first kappa shape index (κ1) is 14.0. The van der Waals surface area contributed by atoms with Gasteiger partial charge in [-0.1, -0.05) is 13.8 Å². The largest absolute Gasteiger partial charge is 0.381 e. The molecule has 0 radical (unpaired) electrons. The number of rotatable bonds is 6. The molecular formula is C10H20N4O2S. The molecule has 0 saturated heterocycles. The van der Waals surface area contributed by atoms with Crippen LogP contribution in [-0.2, 0) is 17.1 Å². The smallest absolute Gasteiger partial charge is 0.260 e. The minimum atomic E-state index is -3.55. The van der Waals surface area contributed by atoms with Crippen LogP contribution >= 0.6 is 0 Å². The van der Waals surface area contributed by atoms with Gasteiger partial charge in [0.25, 0.3) is 10.0 Å². The lowest BCUT2D eigenvalue weighted by atomic mass is 10.1.